The van der Waals surface area contributed by atoms with E-state index in [4.69, 9.17) is 9.88 Å². The highest BCUT2D eigenvalue weighted by molar-refractivity contribution is 7.89. The van der Waals surface area contributed by atoms with Crippen LogP contribution in [0, 0.1) is 0 Å². The van der Waals surface area contributed by atoms with E-state index in [2.05, 4.69) is 5.32 Å². The van der Waals surface area contributed by atoms with Crippen molar-refractivity contribution < 1.29 is 22.7 Å². The van der Waals surface area contributed by atoms with Crippen molar-refractivity contribution in [3.05, 3.63) is 29.8 Å². The van der Waals surface area contributed by atoms with Crippen molar-refractivity contribution in [3.8, 4) is 0 Å². The molecule has 122 valence electrons. The molecule has 0 aromatic heterocycles. The molecule has 0 aliphatic heterocycles. The number of ketones is 1. The molecule has 0 amide bonds. The van der Waals surface area contributed by atoms with E-state index in [9.17, 15) is 18.0 Å². The van der Waals surface area contributed by atoms with Crippen molar-refractivity contribution in [1.82, 2.24) is 5.32 Å². The van der Waals surface area contributed by atoms with Crippen molar-refractivity contribution in [2.75, 3.05) is 6.61 Å². The van der Waals surface area contributed by atoms with Crippen LogP contribution in [0.15, 0.2) is 29.2 Å². The van der Waals surface area contributed by atoms with E-state index in [0.29, 0.717) is 6.54 Å². The molecular weight excluding hydrogens is 308 g/mol. The van der Waals surface area contributed by atoms with Gasteiger partial charge in [0.15, 0.2) is 0 Å². The summed E-state index contributed by atoms with van der Waals surface area (Å²) in [6.07, 6.45) is -0.0432. The maximum Gasteiger partial charge on any atom is 0.307 e. The highest BCUT2D eigenvalue weighted by atomic mass is 32.2. The standard InChI is InChI=1S/C14H20N2O5S/c1-3-21-14(18)8-13(10(2)17)16-9-11-4-6-12(7-5-11)22(15,19)20/h4-7,13,16H,3,8-9H2,1-2H3,(H2,15,19,20). The molecule has 0 bridgehead atoms. The number of primary sulfonamides is 1. The molecule has 1 unspecified atom stereocenters. The van der Waals surface area contributed by atoms with E-state index in [1.165, 1.54) is 19.1 Å². The largest absolute Gasteiger partial charge is 0.466 e. The van der Waals surface area contributed by atoms with Gasteiger partial charge in [0.1, 0.15) is 5.78 Å². The normalized spacial score (nSPS) is 12.7. The Hall–Kier alpha value is -1.77. The Kier molecular flexibility index (Phi) is 6.66. The zero-order valence-electron chi connectivity index (χ0n) is 12.5. The van der Waals surface area contributed by atoms with Crippen molar-refractivity contribution in [3.63, 3.8) is 0 Å². The second kappa shape index (κ2) is 8.02. The van der Waals surface area contributed by atoms with Gasteiger partial charge in [-0.3, -0.25) is 9.59 Å². The molecule has 0 saturated heterocycles. The van der Waals surface area contributed by atoms with E-state index in [0.717, 1.165) is 5.56 Å². The Morgan fingerprint density at radius 1 is 1.27 bits per heavy atom. The number of nitrogens with one attached hydrogen (secondary N) is 1. The van der Waals surface area contributed by atoms with Gasteiger partial charge < -0.3 is 10.1 Å². The Morgan fingerprint density at radius 2 is 1.86 bits per heavy atom. The van der Waals surface area contributed by atoms with Gasteiger partial charge in [0.2, 0.25) is 10.0 Å². The molecule has 0 saturated carbocycles. The predicted octanol–water partition coefficient (Wildman–Crippen LogP) is 0.334. The highest BCUT2D eigenvalue weighted by Crippen LogP contribution is 2.09. The van der Waals surface area contributed by atoms with Crippen LogP contribution in [-0.2, 0) is 30.9 Å². The predicted molar refractivity (Wildman–Crippen MR) is 80.4 cm³/mol. The summed E-state index contributed by atoms with van der Waals surface area (Å²) in [4.78, 5) is 23.0. The molecule has 0 aliphatic rings. The topological polar surface area (TPSA) is 116 Å². The van der Waals surface area contributed by atoms with Crippen molar-refractivity contribution in [2.24, 2.45) is 5.14 Å². The van der Waals surface area contributed by atoms with Crippen LogP contribution < -0.4 is 10.5 Å². The summed E-state index contributed by atoms with van der Waals surface area (Å²) in [5, 5.41) is 7.96. The summed E-state index contributed by atoms with van der Waals surface area (Å²) in [6.45, 7) is 3.66. The van der Waals surface area contributed by atoms with E-state index < -0.39 is 22.0 Å². The summed E-state index contributed by atoms with van der Waals surface area (Å²) in [7, 11) is -3.72. The van der Waals surface area contributed by atoms with Crippen LogP contribution in [0.5, 0.6) is 0 Å². The number of sulfonamides is 1. The first-order valence-corrected chi connectivity index (χ1v) is 8.30. The monoisotopic (exact) mass is 328 g/mol. The number of rotatable bonds is 8. The van der Waals surface area contributed by atoms with Gasteiger partial charge in [-0.2, -0.15) is 0 Å². The summed E-state index contributed by atoms with van der Waals surface area (Å²) in [5.74, 6) is -0.617. The molecular formula is C14H20N2O5S. The molecule has 0 aliphatic carbocycles. The lowest BCUT2D eigenvalue weighted by Gasteiger charge is -2.15. The van der Waals surface area contributed by atoms with E-state index >= 15 is 0 Å². The lowest BCUT2D eigenvalue weighted by molar-refractivity contribution is -0.145. The first-order valence-electron chi connectivity index (χ1n) is 6.75. The van der Waals surface area contributed by atoms with Crippen LogP contribution >= 0.6 is 0 Å². The van der Waals surface area contributed by atoms with E-state index in [1.54, 1.807) is 19.1 Å². The maximum atomic E-state index is 11.5. The summed E-state index contributed by atoms with van der Waals surface area (Å²) >= 11 is 0. The number of ether oxygens (including phenoxy) is 1. The minimum absolute atomic E-state index is 0.0193. The fraction of sp³-hybridized carbons (Fsp3) is 0.429. The summed E-state index contributed by atoms with van der Waals surface area (Å²) in [6, 6.07) is 5.32. The lowest BCUT2D eigenvalue weighted by Crippen LogP contribution is -2.37. The van der Waals surface area contributed by atoms with Crippen LogP contribution in [0.4, 0.5) is 0 Å². The SMILES string of the molecule is CCOC(=O)CC(NCc1ccc(S(N)(=O)=O)cc1)C(C)=O. The fourth-order valence-corrected chi connectivity index (χ4v) is 2.30. The smallest absolute Gasteiger partial charge is 0.307 e. The van der Waals surface area contributed by atoms with Gasteiger partial charge in [-0.15, -0.1) is 0 Å². The average Bonchev–Trinajstić information content (AvgIpc) is 2.43. The number of Topliss-reactive ketones (excluding diaryl/α,β-unsaturated/α-hetero) is 1. The molecule has 0 fully saturated rings. The van der Waals surface area contributed by atoms with Gasteiger partial charge >= 0.3 is 5.97 Å². The van der Waals surface area contributed by atoms with Gasteiger partial charge in [0, 0.05) is 6.54 Å². The zero-order chi connectivity index (χ0) is 16.8. The maximum absolute atomic E-state index is 11.5. The summed E-state index contributed by atoms with van der Waals surface area (Å²) < 4.78 is 27.1. The fourth-order valence-electron chi connectivity index (χ4n) is 1.78. The Labute approximate surface area is 129 Å². The van der Waals surface area contributed by atoms with Crippen LogP contribution in [-0.4, -0.2) is 32.8 Å². The Balaban J connectivity index is 2.65. The van der Waals surface area contributed by atoms with Gasteiger partial charge in [0.05, 0.1) is 24.0 Å². The molecule has 8 heteroatoms. The molecule has 1 aromatic carbocycles. The summed E-state index contributed by atoms with van der Waals surface area (Å²) in [5.41, 5.74) is 0.766. The van der Waals surface area contributed by atoms with E-state index in [1.807, 2.05) is 0 Å². The van der Waals surface area contributed by atoms with E-state index in [-0.39, 0.29) is 23.7 Å². The van der Waals surface area contributed by atoms with Crippen molar-refractivity contribution in [1.29, 1.82) is 0 Å². The molecule has 22 heavy (non-hydrogen) atoms. The third-order valence-corrected chi connectivity index (χ3v) is 3.90. The van der Waals surface area contributed by atoms with Crippen LogP contribution in [0.1, 0.15) is 25.8 Å². The molecule has 0 spiro atoms. The quantitative estimate of drug-likeness (QED) is 0.665. The third-order valence-electron chi connectivity index (χ3n) is 2.97. The minimum Gasteiger partial charge on any atom is -0.466 e. The van der Waals surface area contributed by atoms with Crippen molar-refractivity contribution in [2.45, 2.75) is 37.8 Å². The minimum atomic E-state index is -3.72. The number of benzene rings is 1. The number of esters is 1. The van der Waals surface area contributed by atoms with Crippen LogP contribution in [0.25, 0.3) is 0 Å². The molecule has 1 rings (SSSR count). The molecule has 3 N–H and O–H groups in total. The lowest BCUT2D eigenvalue weighted by atomic mass is 10.1. The number of hydrogen-bond acceptors (Lipinski definition) is 6. The number of carbonyl (C=O) groups excluding carboxylic acids is 2. The highest BCUT2D eigenvalue weighted by Gasteiger charge is 2.18. The van der Waals surface area contributed by atoms with Gasteiger partial charge in [0.25, 0.3) is 0 Å². The Morgan fingerprint density at radius 3 is 2.32 bits per heavy atom. The Bertz CT molecular complexity index is 625. The molecule has 1 aromatic rings. The first-order chi connectivity index (χ1) is 10.2. The zero-order valence-corrected chi connectivity index (χ0v) is 13.4. The van der Waals surface area contributed by atoms with Crippen molar-refractivity contribution >= 4 is 21.8 Å². The molecule has 1 atom stereocenters. The van der Waals surface area contributed by atoms with Crippen LogP contribution in [0.2, 0.25) is 0 Å². The second-order valence-electron chi connectivity index (χ2n) is 4.74. The number of nitrogens with two attached hydrogens (primary N) is 1. The molecule has 7 nitrogen and oxygen atoms in total. The van der Waals surface area contributed by atoms with Gasteiger partial charge in [-0.1, -0.05) is 12.1 Å². The van der Waals surface area contributed by atoms with Gasteiger partial charge in [-0.05, 0) is 31.5 Å². The molecule has 0 heterocycles. The van der Waals surface area contributed by atoms with Gasteiger partial charge in [-0.25, -0.2) is 13.6 Å². The number of hydrogen-bond donors (Lipinski definition) is 2. The number of carbonyl (C=O) groups is 2. The average molecular weight is 328 g/mol. The molecule has 0 radical (unpaired) electrons. The third kappa shape index (κ3) is 5.92. The first kappa shape index (κ1) is 18.3. The second-order valence-corrected chi connectivity index (χ2v) is 6.30. The van der Waals surface area contributed by atoms with Crippen LogP contribution in [0.3, 0.4) is 0 Å².